The standard InChI is InChI=1S/C15H20N2O2S/c1-20-13-4-2-11(3-5-13)10-14(18)17-8-6-12(7-9-17)15(16)19/h2-5,12H,6-10H2,1H3,(H2,16,19). The summed E-state index contributed by atoms with van der Waals surface area (Å²) in [5.41, 5.74) is 6.33. The number of likely N-dealkylation sites (tertiary alicyclic amines) is 1. The molecule has 5 heteroatoms. The molecule has 0 unspecified atom stereocenters. The zero-order chi connectivity index (χ0) is 14.5. The van der Waals surface area contributed by atoms with Crippen LogP contribution in [0.1, 0.15) is 18.4 Å². The van der Waals surface area contributed by atoms with Gasteiger partial charge in [0.2, 0.25) is 11.8 Å². The molecule has 0 atom stereocenters. The Labute approximate surface area is 123 Å². The predicted octanol–water partition coefficient (Wildman–Crippen LogP) is 1.67. The van der Waals surface area contributed by atoms with E-state index in [0.717, 1.165) is 5.56 Å². The highest BCUT2D eigenvalue weighted by Gasteiger charge is 2.25. The fraction of sp³-hybridized carbons (Fsp3) is 0.467. The fourth-order valence-electron chi connectivity index (χ4n) is 2.44. The van der Waals surface area contributed by atoms with Crippen LogP contribution in [0.25, 0.3) is 0 Å². The van der Waals surface area contributed by atoms with E-state index in [4.69, 9.17) is 5.73 Å². The second kappa shape index (κ2) is 6.79. The van der Waals surface area contributed by atoms with Gasteiger partial charge in [0.25, 0.3) is 0 Å². The van der Waals surface area contributed by atoms with E-state index in [1.165, 1.54) is 4.90 Å². The molecule has 2 amide bonds. The van der Waals surface area contributed by atoms with Gasteiger partial charge in [0.15, 0.2) is 0 Å². The molecule has 2 rings (SSSR count). The van der Waals surface area contributed by atoms with Gasteiger partial charge in [-0.2, -0.15) is 0 Å². The first-order chi connectivity index (χ1) is 9.60. The van der Waals surface area contributed by atoms with Crippen LogP contribution in [0.2, 0.25) is 0 Å². The molecule has 1 fully saturated rings. The molecule has 1 aliphatic heterocycles. The van der Waals surface area contributed by atoms with Crippen LogP contribution in [-0.4, -0.2) is 36.1 Å². The van der Waals surface area contributed by atoms with E-state index < -0.39 is 0 Å². The van der Waals surface area contributed by atoms with Crippen molar-refractivity contribution in [2.75, 3.05) is 19.3 Å². The van der Waals surface area contributed by atoms with Gasteiger partial charge in [0.05, 0.1) is 6.42 Å². The Balaban J connectivity index is 1.87. The van der Waals surface area contributed by atoms with Crippen molar-refractivity contribution in [1.82, 2.24) is 4.90 Å². The van der Waals surface area contributed by atoms with Gasteiger partial charge in [-0.1, -0.05) is 12.1 Å². The summed E-state index contributed by atoms with van der Waals surface area (Å²) in [6, 6.07) is 8.07. The molecule has 0 spiro atoms. The molecule has 0 saturated carbocycles. The molecule has 4 nitrogen and oxygen atoms in total. The second-order valence-electron chi connectivity index (χ2n) is 5.08. The lowest BCUT2D eigenvalue weighted by Crippen LogP contribution is -2.42. The summed E-state index contributed by atoms with van der Waals surface area (Å²) < 4.78 is 0. The monoisotopic (exact) mass is 292 g/mol. The van der Waals surface area contributed by atoms with Gasteiger partial charge in [-0.3, -0.25) is 9.59 Å². The van der Waals surface area contributed by atoms with Gasteiger partial charge in [-0.05, 0) is 36.8 Å². The number of benzene rings is 1. The van der Waals surface area contributed by atoms with Gasteiger partial charge in [-0.25, -0.2) is 0 Å². The molecule has 1 saturated heterocycles. The van der Waals surface area contributed by atoms with Crippen molar-refractivity contribution in [3.05, 3.63) is 29.8 Å². The zero-order valence-corrected chi connectivity index (χ0v) is 12.5. The molecule has 1 aromatic rings. The maximum atomic E-state index is 12.2. The van der Waals surface area contributed by atoms with E-state index in [1.54, 1.807) is 11.8 Å². The first-order valence-electron chi connectivity index (χ1n) is 6.80. The minimum absolute atomic E-state index is 0.0695. The molecule has 0 radical (unpaired) electrons. The summed E-state index contributed by atoms with van der Waals surface area (Å²) in [5.74, 6) is -0.186. The zero-order valence-electron chi connectivity index (χ0n) is 11.7. The minimum atomic E-state index is -0.246. The van der Waals surface area contributed by atoms with Crippen LogP contribution in [-0.2, 0) is 16.0 Å². The topological polar surface area (TPSA) is 63.4 Å². The number of thioether (sulfide) groups is 1. The number of rotatable bonds is 4. The Kier molecular flexibility index (Phi) is 5.06. The van der Waals surface area contributed by atoms with Crippen LogP contribution in [0.5, 0.6) is 0 Å². The molecule has 0 aliphatic carbocycles. The van der Waals surface area contributed by atoms with Gasteiger partial charge >= 0.3 is 0 Å². The van der Waals surface area contributed by atoms with Crippen molar-refractivity contribution >= 4 is 23.6 Å². The van der Waals surface area contributed by atoms with Crippen molar-refractivity contribution in [1.29, 1.82) is 0 Å². The fourth-order valence-corrected chi connectivity index (χ4v) is 2.85. The molecule has 2 N–H and O–H groups in total. The Morgan fingerprint density at radius 1 is 1.25 bits per heavy atom. The summed E-state index contributed by atoms with van der Waals surface area (Å²) in [7, 11) is 0. The number of nitrogens with two attached hydrogens (primary N) is 1. The van der Waals surface area contributed by atoms with Crippen LogP contribution >= 0.6 is 11.8 Å². The number of hydrogen-bond acceptors (Lipinski definition) is 3. The second-order valence-corrected chi connectivity index (χ2v) is 5.96. The van der Waals surface area contributed by atoms with Crippen molar-refractivity contribution in [3.8, 4) is 0 Å². The lowest BCUT2D eigenvalue weighted by molar-refractivity contribution is -0.134. The largest absolute Gasteiger partial charge is 0.369 e. The van der Waals surface area contributed by atoms with Crippen LogP contribution in [0, 0.1) is 5.92 Å². The minimum Gasteiger partial charge on any atom is -0.369 e. The number of nitrogens with zero attached hydrogens (tertiary/aromatic N) is 1. The molecular weight excluding hydrogens is 272 g/mol. The number of primary amides is 1. The number of carbonyl (C=O) groups excluding carboxylic acids is 2. The molecular formula is C15H20N2O2S. The SMILES string of the molecule is CSc1ccc(CC(=O)N2CCC(C(N)=O)CC2)cc1. The maximum Gasteiger partial charge on any atom is 0.226 e. The highest BCUT2D eigenvalue weighted by Crippen LogP contribution is 2.19. The molecule has 20 heavy (non-hydrogen) atoms. The average molecular weight is 292 g/mol. The highest BCUT2D eigenvalue weighted by atomic mass is 32.2. The van der Waals surface area contributed by atoms with Crippen molar-refractivity contribution < 1.29 is 9.59 Å². The highest BCUT2D eigenvalue weighted by molar-refractivity contribution is 7.98. The van der Waals surface area contributed by atoms with E-state index >= 15 is 0 Å². The molecule has 1 aromatic carbocycles. The summed E-state index contributed by atoms with van der Waals surface area (Å²) in [5, 5.41) is 0. The van der Waals surface area contributed by atoms with Crippen LogP contribution in [0.15, 0.2) is 29.2 Å². The first kappa shape index (κ1) is 14.9. The molecule has 1 heterocycles. The summed E-state index contributed by atoms with van der Waals surface area (Å²) in [4.78, 5) is 26.3. The van der Waals surface area contributed by atoms with E-state index in [-0.39, 0.29) is 17.7 Å². The van der Waals surface area contributed by atoms with E-state index in [1.807, 2.05) is 35.4 Å². The Bertz CT molecular complexity index is 479. The van der Waals surface area contributed by atoms with Crippen LogP contribution in [0.3, 0.4) is 0 Å². The smallest absolute Gasteiger partial charge is 0.226 e. The lowest BCUT2D eigenvalue weighted by Gasteiger charge is -2.30. The Morgan fingerprint density at radius 2 is 1.85 bits per heavy atom. The van der Waals surface area contributed by atoms with Crippen molar-refractivity contribution in [2.45, 2.75) is 24.2 Å². The number of amides is 2. The summed E-state index contributed by atoms with van der Waals surface area (Å²) >= 11 is 1.69. The first-order valence-corrected chi connectivity index (χ1v) is 8.02. The Morgan fingerprint density at radius 3 is 2.35 bits per heavy atom. The maximum absolute atomic E-state index is 12.2. The lowest BCUT2D eigenvalue weighted by atomic mass is 9.96. The third kappa shape index (κ3) is 3.76. The quantitative estimate of drug-likeness (QED) is 0.859. The molecule has 108 valence electrons. The van der Waals surface area contributed by atoms with Crippen LogP contribution < -0.4 is 5.73 Å². The predicted molar refractivity (Wildman–Crippen MR) is 80.4 cm³/mol. The van der Waals surface area contributed by atoms with Crippen molar-refractivity contribution in [2.24, 2.45) is 11.7 Å². The third-order valence-corrected chi connectivity index (χ3v) is 4.51. The van der Waals surface area contributed by atoms with E-state index in [9.17, 15) is 9.59 Å². The molecule has 0 aromatic heterocycles. The normalized spacial score (nSPS) is 16.1. The average Bonchev–Trinajstić information content (AvgIpc) is 2.48. The van der Waals surface area contributed by atoms with Gasteiger partial charge in [0.1, 0.15) is 0 Å². The number of piperidine rings is 1. The van der Waals surface area contributed by atoms with Gasteiger partial charge < -0.3 is 10.6 Å². The van der Waals surface area contributed by atoms with E-state index in [2.05, 4.69) is 0 Å². The number of carbonyl (C=O) groups is 2. The molecule has 1 aliphatic rings. The third-order valence-electron chi connectivity index (χ3n) is 3.76. The van der Waals surface area contributed by atoms with Crippen LogP contribution in [0.4, 0.5) is 0 Å². The summed E-state index contributed by atoms with van der Waals surface area (Å²) in [6.45, 7) is 1.27. The number of hydrogen-bond donors (Lipinski definition) is 1. The Hall–Kier alpha value is -1.49. The van der Waals surface area contributed by atoms with Gasteiger partial charge in [-0.15, -0.1) is 11.8 Å². The van der Waals surface area contributed by atoms with E-state index in [0.29, 0.717) is 32.4 Å². The summed E-state index contributed by atoms with van der Waals surface area (Å²) in [6.07, 6.45) is 3.83. The molecule has 0 bridgehead atoms. The van der Waals surface area contributed by atoms with Gasteiger partial charge in [0, 0.05) is 23.9 Å². The van der Waals surface area contributed by atoms with Crippen molar-refractivity contribution in [3.63, 3.8) is 0 Å².